The molecular weight excluding hydrogens is 490 g/mol. The highest BCUT2D eigenvalue weighted by molar-refractivity contribution is 7.89. The maximum absolute atomic E-state index is 14.0. The molecule has 1 fully saturated rings. The quantitative estimate of drug-likeness (QED) is 0.555. The number of piperidine rings is 1. The van der Waals surface area contributed by atoms with E-state index < -0.39 is 51.5 Å². The van der Waals surface area contributed by atoms with Crippen molar-refractivity contribution in [1.29, 1.82) is 0 Å². The minimum Gasteiger partial charge on any atom is -0.351 e. The van der Waals surface area contributed by atoms with Gasteiger partial charge in [0.2, 0.25) is 21.8 Å². The van der Waals surface area contributed by atoms with Gasteiger partial charge in [-0.25, -0.2) is 12.8 Å². The van der Waals surface area contributed by atoms with Crippen LogP contribution >= 0.6 is 0 Å². The molecule has 3 rings (SSSR count). The van der Waals surface area contributed by atoms with Crippen LogP contribution in [0, 0.1) is 5.82 Å². The maximum atomic E-state index is 14.0. The van der Waals surface area contributed by atoms with Gasteiger partial charge in [0.15, 0.2) is 0 Å². The molecule has 0 saturated carbocycles. The number of hydrogen-bond acceptors (Lipinski definition) is 4. The molecule has 190 valence electrons. The van der Waals surface area contributed by atoms with E-state index in [1.165, 1.54) is 25.1 Å². The fourth-order valence-corrected chi connectivity index (χ4v) is 5.32. The summed E-state index contributed by atoms with van der Waals surface area (Å²) in [4.78, 5) is 24.1. The van der Waals surface area contributed by atoms with Crippen LogP contribution in [-0.2, 0) is 32.2 Å². The number of benzene rings is 2. The molecule has 1 saturated heterocycles. The summed E-state index contributed by atoms with van der Waals surface area (Å²) in [6, 6.07) is 7.78. The first-order valence-corrected chi connectivity index (χ1v) is 12.3. The van der Waals surface area contributed by atoms with Gasteiger partial charge >= 0.3 is 6.18 Å². The van der Waals surface area contributed by atoms with Crippen LogP contribution in [0.2, 0.25) is 0 Å². The van der Waals surface area contributed by atoms with Gasteiger partial charge in [0.25, 0.3) is 0 Å². The van der Waals surface area contributed by atoms with E-state index in [-0.39, 0.29) is 42.8 Å². The molecule has 0 spiro atoms. The molecule has 2 N–H and O–H groups in total. The monoisotopic (exact) mass is 515 g/mol. The lowest BCUT2D eigenvalue weighted by atomic mass is 10.0. The minimum absolute atomic E-state index is 0.0480. The lowest BCUT2D eigenvalue weighted by molar-refractivity contribution is -0.137. The number of halogens is 4. The predicted molar refractivity (Wildman–Crippen MR) is 119 cm³/mol. The van der Waals surface area contributed by atoms with E-state index in [0.29, 0.717) is 0 Å². The maximum Gasteiger partial charge on any atom is 0.416 e. The molecule has 2 aromatic rings. The van der Waals surface area contributed by atoms with Crippen molar-refractivity contribution in [2.45, 2.75) is 49.3 Å². The Kier molecular flexibility index (Phi) is 8.16. The lowest BCUT2D eigenvalue weighted by Gasteiger charge is -2.32. The van der Waals surface area contributed by atoms with Crippen molar-refractivity contribution in [1.82, 2.24) is 14.9 Å². The Morgan fingerprint density at radius 2 is 1.66 bits per heavy atom. The van der Waals surface area contributed by atoms with Gasteiger partial charge in [-0.1, -0.05) is 18.2 Å². The van der Waals surface area contributed by atoms with Crippen LogP contribution in [0.5, 0.6) is 0 Å². The summed E-state index contributed by atoms with van der Waals surface area (Å²) in [7, 11) is -4.00. The van der Waals surface area contributed by atoms with E-state index in [1.807, 2.05) is 0 Å². The normalized spacial score (nSPS) is 16.5. The van der Waals surface area contributed by atoms with Crippen molar-refractivity contribution >= 4 is 21.8 Å². The van der Waals surface area contributed by atoms with Gasteiger partial charge in [-0.3, -0.25) is 9.59 Å². The fraction of sp³-hybridized carbons (Fsp3) is 0.391. The zero-order valence-electron chi connectivity index (χ0n) is 18.8. The van der Waals surface area contributed by atoms with E-state index in [0.717, 1.165) is 28.6 Å². The minimum atomic E-state index is -4.57. The Morgan fingerprint density at radius 1 is 1.06 bits per heavy atom. The Balaban J connectivity index is 1.61. The summed E-state index contributed by atoms with van der Waals surface area (Å²) in [5, 5.41) is 5.29. The number of amides is 2. The number of sulfonamides is 1. The molecule has 0 aromatic heterocycles. The molecule has 2 aromatic carbocycles. The molecular formula is C23H25F4N3O4S. The van der Waals surface area contributed by atoms with Gasteiger partial charge in [-0.2, -0.15) is 17.5 Å². The summed E-state index contributed by atoms with van der Waals surface area (Å²) in [5.74, 6) is -1.48. The molecule has 7 nitrogen and oxygen atoms in total. The summed E-state index contributed by atoms with van der Waals surface area (Å²) in [6.07, 6.45) is -4.10. The highest BCUT2D eigenvalue weighted by atomic mass is 32.2. The largest absolute Gasteiger partial charge is 0.416 e. The van der Waals surface area contributed by atoms with Crippen molar-refractivity contribution < 1.29 is 35.6 Å². The van der Waals surface area contributed by atoms with Crippen molar-refractivity contribution in [3.8, 4) is 0 Å². The van der Waals surface area contributed by atoms with Gasteiger partial charge in [0, 0.05) is 32.5 Å². The molecule has 0 bridgehead atoms. The first-order chi connectivity index (χ1) is 16.4. The van der Waals surface area contributed by atoms with E-state index in [9.17, 15) is 35.6 Å². The molecule has 0 unspecified atom stereocenters. The first-order valence-electron chi connectivity index (χ1n) is 10.9. The van der Waals surface area contributed by atoms with Crippen molar-refractivity contribution in [3.63, 3.8) is 0 Å². The number of alkyl halides is 3. The highest BCUT2D eigenvalue weighted by Gasteiger charge is 2.33. The third-order valence-electron chi connectivity index (χ3n) is 5.70. The van der Waals surface area contributed by atoms with Crippen LogP contribution in [0.3, 0.4) is 0 Å². The summed E-state index contributed by atoms with van der Waals surface area (Å²) < 4.78 is 79.1. The number of rotatable bonds is 7. The Labute approximate surface area is 200 Å². The summed E-state index contributed by atoms with van der Waals surface area (Å²) in [5.41, 5.74) is -0.680. The van der Waals surface area contributed by atoms with Crippen molar-refractivity contribution in [2.24, 2.45) is 0 Å². The highest BCUT2D eigenvalue weighted by Crippen LogP contribution is 2.30. The predicted octanol–water partition coefficient (Wildman–Crippen LogP) is 2.86. The Morgan fingerprint density at radius 3 is 2.20 bits per heavy atom. The summed E-state index contributed by atoms with van der Waals surface area (Å²) >= 11 is 0. The third kappa shape index (κ3) is 6.79. The smallest absolute Gasteiger partial charge is 0.351 e. The molecule has 1 aliphatic rings. The van der Waals surface area contributed by atoms with Gasteiger partial charge in [-0.15, -0.1) is 0 Å². The fourth-order valence-electron chi connectivity index (χ4n) is 3.85. The second kappa shape index (κ2) is 10.7. The number of carbonyl (C=O) groups excluding carboxylic acids is 2. The molecule has 1 aliphatic heterocycles. The molecule has 35 heavy (non-hydrogen) atoms. The second-order valence-electron chi connectivity index (χ2n) is 8.26. The molecule has 1 atom stereocenters. The zero-order valence-corrected chi connectivity index (χ0v) is 19.6. The van der Waals surface area contributed by atoms with Gasteiger partial charge < -0.3 is 10.6 Å². The topological polar surface area (TPSA) is 95.6 Å². The van der Waals surface area contributed by atoms with Crippen molar-refractivity contribution in [3.05, 3.63) is 65.5 Å². The number of hydrogen-bond donors (Lipinski definition) is 2. The molecule has 2 amide bonds. The SMILES string of the molecule is CC(=O)N[C@@H](Cc1ccccc1F)C(=O)NC1CCN(S(=O)(=O)c2ccc(C(F)(F)F)cc2)CC1. The summed E-state index contributed by atoms with van der Waals surface area (Å²) in [6.45, 7) is 1.34. The molecule has 12 heteroatoms. The van der Waals surface area contributed by atoms with Crippen LogP contribution in [0.15, 0.2) is 53.4 Å². The first kappa shape index (κ1) is 26.6. The van der Waals surface area contributed by atoms with E-state index >= 15 is 0 Å². The average molecular weight is 516 g/mol. The van der Waals surface area contributed by atoms with Crippen LogP contribution in [0.25, 0.3) is 0 Å². The van der Waals surface area contributed by atoms with Crippen molar-refractivity contribution in [2.75, 3.05) is 13.1 Å². The van der Waals surface area contributed by atoms with E-state index in [4.69, 9.17) is 0 Å². The molecule has 0 aliphatic carbocycles. The Bertz CT molecular complexity index is 1160. The number of nitrogens with one attached hydrogen (secondary N) is 2. The number of carbonyl (C=O) groups is 2. The van der Waals surface area contributed by atoms with Crippen LogP contribution in [0.1, 0.15) is 30.9 Å². The lowest BCUT2D eigenvalue weighted by Crippen LogP contribution is -2.53. The Hall–Kier alpha value is -2.99. The third-order valence-corrected chi connectivity index (χ3v) is 7.61. The average Bonchev–Trinajstić information content (AvgIpc) is 2.79. The van der Waals surface area contributed by atoms with Gasteiger partial charge in [-0.05, 0) is 48.7 Å². The molecule has 0 radical (unpaired) electrons. The van der Waals surface area contributed by atoms with Crippen LogP contribution < -0.4 is 10.6 Å². The molecule has 1 heterocycles. The van der Waals surface area contributed by atoms with Crippen LogP contribution in [0.4, 0.5) is 17.6 Å². The second-order valence-corrected chi connectivity index (χ2v) is 10.2. The van der Waals surface area contributed by atoms with E-state index in [1.54, 1.807) is 6.07 Å². The van der Waals surface area contributed by atoms with E-state index in [2.05, 4.69) is 10.6 Å². The standard InChI is InChI=1S/C23H25F4N3O4S/c1-15(31)28-21(14-16-4-2-3-5-20(16)24)22(32)29-18-10-12-30(13-11-18)35(33,34)19-8-6-17(7-9-19)23(25,26)27/h2-9,18,21H,10-14H2,1H3,(H,28,31)(H,29,32)/t21-/m0/s1. The zero-order chi connectivity index (χ0) is 25.8. The van der Waals surface area contributed by atoms with Crippen LogP contribution in [-0.4, -0.2) is 49.7 Å². The van der Waals surface area contributed by atoms with Gasteiger partial charge in [0.1, 0.15) is 11.9 Å². The van der Waals surface area contributed by atoms with Gasteiger partial charge in [0.05, 0.1) is 10.5 Å². The number of nitrogens with zero attached hydrogens (tertiary/aromatic N) is 1.